The van der Waals surface area contributed by atoms with Crippen LogP contribution in [0.15, 0.2) is 40.7 Å². The van der Waals surface area contributed by atoms with Crippen molar-refractivity contribution in [3.05, 3.63) is 51.3 Å². The summed E-state index contributed by atoms with van der Waals surface area (Å²) in [4.78, 5) is 12.4. The number of rotatable bonds is 8. The van der Waals surface area contributed by atoms with E-state index in [0.29, 0.717) is 45.4 Å². The van der Waals surface area contributed by atoms with Gasteiger partial charge < -0.3 is 25.2 Å². The third-order valence-electron chi connectivity index (χ3n) is 4.77. The molecule has 2 unspecified atom stereocenters. The second kappa shape index (κ2) is 10.5. The zero-order valence-electron chi connectivity index (χ0n) is 17.9. The summed E-state index contributed by atoms with van der Waals surface area (Å²) in [5.41, 5.74) is 2.60. The van der Waals surface area contributed by atoms with E-state index in [1.165, 1.54) is 7.11 Å². The minimum Gasteiger partial charge on any atom is -0.491 e. The summed E-state index contributed by atoms with van der Waals surface area (Å²) in [7, 11) is 1.30. The number of aliphatic hydroxyl groups excluding tert-OH is 1. The Kier molecular flexibility index (Phi) is 8.30. The van der Waals surface area contributed by atoms with Crippen molar-refractivity contribution in [3.8, 4) is 11.8 Å². The molecule has 30 heavy (non-hydrogen) atoms. The van der Waals surface area contributed by atoms with Crippen LogP contribution < -0.4 is 15.4 Å². The molecule has 8 heteroatoms. The Morgan fingerprint density at radius 2 is 2.07 bits per heavy atom. The van der Waals surface area contributed by atoms with E-state index in [4.69, 9.17) is 21.1 Å². The lowest BCUT2D eigenvalue weighted by molar-refractivity contribution is -0.136. The number of nitriles is 1. The van der Waals surface area contributed by atoms with Gasteiger partial charge in [-0.25, -0.2) is 4.79 Å². The van der Waals surface area contributed by atoms with Crippen LogP contribution >= 0.6 is 11.6 Å². The third kappa shape index (κ3) is 5.54. The average molecular weight is 434 g/mol. The molecule has 0 radical (unpaired) electrons. The first kappa shape index (κ1) is 23.7. The summed E-state index contributed by atoms with van der Waals surface area (Å²) < 4.78 is 10.6. The van der Waals surface area contributed by atoms with Crippen molar-refractivity contribution in [1.29, 1.82) is 5.26 Å². The van der Waals surface area contributed by atoms with E-state index in [1.54, 1.807) is 32.0 Å². The zero-order chi connectivity index (χ0) is 22.4. The van der Waals surface area contributed by atoms with E-state index >= 15 is 0 Å². The Bertz CT molecular complexity index is 902. The fraction of sp³-hybridized carbons (Fsp3) is 0.455. The number of aliphatic hydroxyl groups is 1. The van der Waals surface area contributed by atoms with Crippen LogP contribution in [0.4, 0.5) is 0 Å². The maximum absolute atomic E-state index is 12.4. The molecule has 1 aromatic carbocycles. The van der Waals surface area contributed by atoms with Crippen molar-refractivity contribution in [2.24, 2.45) is 0 Å². The van der Waals surface area contributed by atoms with Gasteiger partial charge in [0.15, 0.2) is 0 Å². The number of esters is 1. The van der Waals surface area contributed by atoms with E-state index in [2.05, 4.69) is 16.7 Å². The predicted octanol–water partition coefficient (Wildman–Crippen LogP) is 3.01. The summed E-state index contributed by atoms with van der Waals surface area (Å²) in [6.07, 6.45) is -0.664. The highest BCUT2D eigenvalue weighted by atomic mass is 35.5. The van der Waals surface area contributed by atoms with E-state index in [0.717, 1.165) is 0 Å². The van der Waals surface area contributed by atoms with Gasteiger partial charge >= 0.3 is 5.97 Å². The monoisotopic (exact) mass is 433 g/mol. The summed E-state index contributed by atoms with van der Waals surface area (Å²) in [6, 6.07) is 7.51. The van der Waals surface area contributed by atoms with Gasteiger partial charge in [0.1, 0.15) is 18.5 Å². The molecule has 7 nitrogen and oxygen atoms in total. The summed E-state index contributed by atoms with van der Waals surface area (Å²) >= 11 is 6.53. The molecule has 3 N–H and O–H groups in total. The molecule has 0 saturated heterocycles. The van der Waals surface area contributed by atoms with Crippen molar-refractivity contribution >= 4 is 17.6 Å². The molecule has 1 aliphatic heterocycles. The number of dihydropyridines is 1. The minimum atomic E-state index is -0.664. The standard InChI is InChI=1S/C22H28ClN3O4/c1-12(2)25-10-15(27)11-30-16-6-7-17(19(23)8-16)21-18(9-24)13(3)26-14(4)20(21)22(28)29-5/h6-8,12,15,21,25-27H,10-11H2,1-5H3. The molecule has 0 bridgehead atoms. The maximum atomic E-state index is 12.4. The molecule has 2 rings (SSSR count). The average Bonchev–Trinajstić information content (AvgIpc) is 2.69. The number of hydrogen-bond acceptors (Lipinski definition) is 7. The van der Waals surface area contributed by atoms with Crippen LogP contribution in [0.5, 0.6) is 5.75 Å². The molecular weight excluding hydrogens is 406 g/mol. The summed E-state index contributed by atoms with van der Waals surface area (Å²) in [5.74, 6) is -0.686. The first-order valence-electron chi connectivity index (χ1n) is 9.70. The quantitative estimate of drug-likeness (QED) is 0.541. The first-order chi connectivity index (χ1) is 14.2. The van der Waals surface area contributed by atoms with Crippen molar-refractivity contribution in [2.45, 2.75) is 45.8 Å². The number of benzene rings is 1. The van der Waals surface area contributed by atoms with Gasteiger partial charge in [0.2, 0.25) is 0 Å². The summed E-state index contributed by atoms with van der Waals surface area (Å²) in [5, 5.41) is 26.3. The number of carbonyl (C=O) groups is 1. The van der Waals surface area contributed by atoms with Gasteiger partial charge in [0.25, 0.3) is 0 Å². The first-order valence-corrected chi connectivity index (χ1v) is 10.1. The van der Waals surface area contributed by atoms with Crippen molar-refractivity contribution in [2.75, 3.05) is 20.3 Å². The van der Waals surface area contributed by atoms with Crippen molar-refractivity contribution < 1.29 is 19.4 Å². The molecular formula is C22H28ClN3O4. The Morgan fingerprint density at radius 1 is 1.37 bits per heavy atom. The van der Waals surface area contributed by atoms with E-state index in [9.17, 15) is 15.2 Å². The van der Waals surface area contributed by atoms with Crippen molar-refractivity contribution in [3.63, 3.8) is 0 Å². The Labute approximate surface area is 182 Å². The molecule has 0 amide bonds. The number of halogens is 1. The topological polar surface area (TPSA) is 104 Å². The Balaban J connectivity index is 2.30. The lowest BCUT2D eigenvalue weighted by Crippen LogP contribution is -2.35. The number of ether oxygens (including phenoxy) is 2. The molecule has 0 saturated carbocycles. The van der Waals surface area contributed by atoms with Crippen molar-refractivity contribution in [1.82, 2.24) is 10.6 Å². The second-order valence-electron chi connectivity index (χ2n) is 7.45. The predicted molar refractivity (Wildman–Crippen MR) is 115 cm³/mol. The fourth-order valence-corrected chi connectivity index (χ4v) is 3.57. The van der Waals surface area contributed by atoms with Crippen LogP contribution in [0.1, 0.15) is 39.2 Å². The van der Waals surface area contributed by atoms with E-state index in [1.807, 2.05) is 13.8 Å². The molecule has 2 atom stereocenters. The third-order valence-corrected chi connectivity index (χ3v) is 5.10. The van der Waals surface area contributed by atoms with Gasteiger partial charge in [0, 0.05) is 29.0 Å². The van der Waals surface area contributed by atoms with Crippen LogP contribution in [0.25, 0.3) is 0 Å². The molecule has 0 aromatic heterocycles. The highest BCUT2D eigenvalue weighted by Gasteiger charge is 2.35. The van der Waals surface area contributed by atoms with Crippen LogP contribution in [-0.2, 0) is 9.53 Å². The maximum Gasteiger partial charge on any atom is 0.336 e. The Morgan fingerprint density at radius 3 is 2.63 bits per heavy atom. The fourth-order valence-electron chi connectivity index (χ4n) is 3.29. The number of hydrogen-bond donors (Lipinski definition) is 3. The summed E-state index contributed by atoms with van der Waals surface area (Å²) in [6.45, 7) is 8.06. The second-order valence-corrected chi connectivity index (χ2v) is 7.86. The number of allylic oxidation sites excluding steroid dienone is 3. The Hall–Kier alpha value is -2.53. The van der Waals surface area contributed by atoms with Crippen LogP contribution in [0, 0.1) is 11.3 Å². The van der Waals surface area contributed by atoms with Gasteiger partial charge in [-0.15, -0.1) is 0 Å². The van der Waals surface area contributed by atoms with Crippen LogP contribution in [-0.4, -0.2) is 43.5 Å². The largest absolute Gasteiger partial charge is 0.491 e. The van der Waals surface area contributed by atoms with Crippen LogP contribution in [0.2, 0.25) is 5.02 Å². The number of methoxy groups -OCH3 is 1. The number of nitrogens with zero attached hydrogens (tertiary/aromatic N) is 1. The molecule has 1 aromatic rings. The lowest BCUT2D eigenvalue weighted by Gasteiger charge is -2.29. The van der Waals surface area contributed by atoms with Crippen LogP contribution in [0.3, 0.4) is 0 Å². The van der Waals surface area contributed by atoms with Gasteiger partial charge in [0.05, 0.1) is 30.2 Å². The lowest BCUT2D eigenvalue weighted by atomic mass is 9.81. The molecule has 0 fully saturated rings. The molecule has 1 aliphatic rings. The van der Waals surface area contributed by atoms with Gasteiger partial charge in [-0.05, 0) is 31.5 Å². The normalized spacial score (nSPS) is 17.5. The smallest absolute Gasteiger partial charge is 0.336 e. The molecule has 1 heterocycles. The van der Waals surface area contributed by atoms with Gasteiger partial charge in [-0.2, -0.15) is 5.26 Å². The van der Waals surface area contributed by atoms with Gasteiger partial charge in [-0.3, -0.25) is 0 Å². The zero-order valence-corrected chi connectivity index (χ0v) is 18.6. The SMILES string of the molecule is COC(=O)C1=C(C)NC(C)=C(C#N)C1c1ccc(OCC(O)CNC(C)C)cc1Cl. The number of carbonyl (C=O) groups excluding carboxylic acids is 1. The highest BCUT2D eigenvalue weighted by Crippen LogP contribution is 2.41. The van der Waals surface area contributed by atoms with E-state index < -0.39 is 18.0 Å². The minimum absolute atomic E-state index is 0.109. The van der Waals surface area contributed by atoms with Gasteiger partial charge in [-0.1, -0.05) is 31.5 Å². The molecule has 0 spiro atoms. The molecule has 162 valence electrons. The molecule has 0 aliphatic carbocycles. The van der Waals surface area contributed by atoms with E-state index in [-0.39, 0.29) is 12.6 Å². The number of nitrogens with one attached hydrogen (secondary N) is 2. The highest BCUT2D eigenvalue weighted by molar-refractivity contribution is 6.31.